The van der Waals surface area contributed by atoms with Gasteiger partial charge in [0.1, 0.15) is 0 Å². The number of hydrogen-bond acceptors (Lipinski definition) is 3. The number of benzene rings is 1. The Balaban J connectivity index is 0.00000200. The van der Waals surface area contributed by atoms with Gasteiger partial charge in [-0.2, -0.15) is 0 Å². The Hall–Kier alpha value is -0.520. The van der Waals surface area contributed by atoms with E-state index in [0.717, 1.165) is 5.56 Å². The van der Waals surface area contributed by atoms with E-state index >= 15 is 0 Å². The summed E-state index contributed by atoms with van der Waals surface area (Å²) in [6.07, 6.45) is 0.0161. The zero-order valence-corrected chi connectivity index (χ0v) is 13.3. The first-order chi connectivity index (χ1) is 8.95. The van der Waals surface area contributed by atoms with E-state index in [0.29, 0.717) is 29.6 Å². The fourth-order valence-electron chi connectivity index (χ4n) is 2.23. The summed E-state index contributed by atoms with van der Waals surface area (Å²) in [5, 5.41) is 13.5. The third kappa shape index (κ3) is 4.50. The molecule has 4 nitrogen and oxygen atoms in total. The topological polar surface area (TPSA) is 52.6 Å². The Kier molecular flexibility index (Phi) is 6.55. The number of nitrogens with one attached hydrogen (secondary N) is 1. The smallest absolute Gasteiger partial charge is 0.239 e. The average molecular weight is 340 g/mol. The van der Waals surface area contributed by atoms with Gasteiger partial charge in [-0.05, 0) is 30.2 Å². The highest BCUT2D eigenvalue weighted by Gasteiger charge is 2.29. The van der Waals surface area contributed by atoms with Gasteiger partial charge >= 0.3 is 0 Å². The van der Waals surface area contributed by atoms with Crippen molar-refractivity contribution >= 4 is 41.5 Å². The molecule has 1 aliphatic heterocycles. The van der Waals surface area contributed by atoms with Crippen LogP contribution in [0.1, 0.15) is 12.0 Å². The first-order valence-electron chi connectivity index (χ1n) is 6.07. The largest absolute Gasteiger partial charge is 0.392 e. The number of β-amino-alcohol motifs (C(OH)–C–C–N with tert-alkyl or cyclic N) is 1. The number of aliphatic hydroxyl groups excluding tert-OH is 1. The van der Waals surface area contributed by atoms with Crippen LogP contribution in [0.4, 0.5) is 0 Å². The second kappa shape index (κ2) is 7.48. The molecule has 7 heteroatoms. The molecule has 2 N–H and O–H groups in total. The van der Waals surface area contributed by atoms with Gasteiger partial charge < -0.3 is 15.3 Å². The van der Waals surface area contributed by atoms with E-state index < -0.39 is 6.10 Å². The molecule has 1 amide bonds. The van der Waals surface area contributed by atoms with Gasteiger partial charge in [-0.25, -0.2) is 0 Å². The maximum Gasteiger partial charge on any atom is 0.239 e. The number of nitrogens with zero attached hydrogens (tertiary/aromatic N) is 1. The van der Waals surface area contributed by atoms with E-state index in [-0.39, 0.29) is 24.4 Å². The third-order valence-corrected chi connectivity index (χ3v) is 3.56. The van der Waals surface area contributed by atoms with E-state index in [1.165, 1.54) is 0 Å². The second-order valence-corrected chi connectivity index (χ2v) is 5.70. The van der Waals surface area contributed by atoms with Crippen LogP contribution in [-0.4, -0.2) is 41.7 Å². The van der Waals surface area contributed by atoms with Gasteiger partial charge in [0.05, 0.1) is 12.1 Å². The fourth-order valence-corrected chi connectivity index (χ4v) is 2.80. The Morgan fingerprint density at radius 1 is 1.40 bits per heavy atom. The van der Waals surface area contributed by atoms with E-state index in [2.05, 4.69) is 5.32 Å². The summed E-state index contributed by atoms with van der Waals surface area (Å²) in [5.41, 5.74) is 0.881. The number of carbonyl (C=O) groups excluding carboxylic acids is 1. The van der Waals surface area contributed by atoms with E-state index in [4.69, 9.17) is 23.2 Å². The quantitative estimate of drug-likeness (QED) is 0.887. The Bertz CT molecular complexity index is 464. The molecule has 20 heavy (non-hydrogen) atoms. The van der Waals surface area contributed by atoms with Crippen molar-refractivity contribution in [2.75, 3.05) is 13.6 Å². The molecular formula is C13H17Cl3N2O2. The molecule has 0 radical (unpaired) electrons. The molecule has 0 spiro atoms. The predicted octanol–water partition coefficient (Wildman–Crippen LogP) is 2.10. The Morgan fingerprint density at radius 3 is 2.50 bits per heavy atom. The minimum Gasteiger partial charge on any atom is -0.392 e. The number of hydrogen-bond donors (Lipinski definition) is 2. The number of rotatable bonds is 3. The van der Waals surface area contributed by atoms with Gasteiger partial charge in [0.15, 0.2) is 0 Å². The minimum absolute atomic E-state index is 0. The molecule has 0 aromatic heterocycles. The van der Waals surface area contributed by atoms with Crippen LogP contribution in [0, 0.1) is 0 Å². The van der Waals surface area contributed by atoms with Crippen LogP contribution < -0.4 is 5.32 Å². The van der Waals surface area contributed by atoms with Crippen LogP contribution in [0.5, 0.6) is 0 Å². The van der Waals surface area contributed by atoms with Crippen molar-refractivity contribution in [1.29, 1.82) is 0 Å². The van der Waals surface area contributed by atoms with Crippen molar-refractivity contribution in [2.24, 2.45) is 0 Å². The van der Waals surface area contributed by atoms with Crippen molar-refractivity contribution in [3.63, 3.8) is 0 Å². The summed E-state index contributed by atoms with van der Waals surface area (Å²) in [6, 6.07) is 4.92. The van der Waals surface area contributed by atoms with Gasteiger partial charge in [-0.1, -0.05) is 23.2 Å². The van der Waals surface area contributed by atoms with Crippen molar-refractivity contribution in [3.8, 4) is 0 Å². The number of halogens is 3. The first-order valence-corrected chi connectivity index (χ1v) is 6.82. The predicted molar refractivity (Wildman–Crippen MR) is 82.6 cm³/mol. The molecular weight excluding hydrogens is 323 g/mol. The van der Waals surface area contributed by atoms with Crippen LogP contribution in [0.15, 0.2) is 18.2 Å². The van der Waals surface area contributed by atoms with Crippen LogP contribution in [0.3, 0.4) is 0 Å². The normalized spacial score (nSPS) is 21.4. The van der Waals surface area contributed by atoms with Crippen LogP contribution in [-0.2, 0) is 11.3 Å². The molecule has 0 saturated carbocycles. The number of aliphatic hydroxyl groups is 1. The standard InChI is InChI=1S/C13H16Cl2N2O2.ClH/c1-17(13(19)12-5-11(18)6-16-12)7-8-2-9(14)4-10(15)3-8;/h2-4,11-12,16,18H,5-7H2,1H3;1H. The molecule has 112 valence electrons. The van der Waals surface area contributed by atoms with E-state index in [1.54, 1.807) is 30.1 Å². The monoisotopic (exact) mass is 338 g/mol. The molecule has 1 fully saturated rings. The Labute approximate surface area is 134 Å². The lowest BCUT2D eigenvalue weighted by Gasteiger charge is -2.21. The Morgan fingerprint density at radius 2 is 2.00 bits per heavy atom. The lowest BCUT2D eigenvalue weighted by atomic mass is 10.1. The molecule has 2 atom stereocenters. The highest BCUT2D eigenvalue weighted by atomic mass is 35.5. The molecule has 1 saturated heterocycles. The van der Waals surface area contributed by atoms with Crippen molar-refractivity contribution in [1.82, 2.24) is 10.2 Å². The molecule has 0 aliphatic carbocycles. The van der Waals surface area contributed by atoms with Crippen LogP contribution in [0.25, 0.3) is 0 Å². The van der Waals surface area contributed by atoms with E-state index in [1.807, 2.05) is 0 Å². The SMILES string of the molecule is CN(Cc1cc(Cl)cc(Cl)c1)C(=O)C1CC(O)CN1.Cl. The van der Waals surface area contributed by atoms with Crippen molar-refractivity contribution in [2.45, 2.75) is 25.1 Å². The van der Waals surface area contributed by atoms with Crippen molar-refractivity contribution < 1.29 is 9.90 Å². The number of amides is 1. The number of carbonyl (C=O) groups is 1. The highest BCUT2D eigenvalue weighted by Crippen LogP contribution is 2.20. The third-order valence-electron chi connectivity index (χ3n) is 3.12. The lowest BCUT2D eigenvalue weighted by molar-refractivity contribution is -0.132. The molecule has 0 bridgehead atoms. The molecule has 1 aromatic carbocycles. The van der Waals surface area contributed by atoms with Gasteiger partial charge in [0.2, 0.25) is 5.91 Å². The average Bonchev–Trinajstić information content (AvgIpc) is 2.73. The summed E-state index contributed by atoms with van der Waals surface area (Å²) in [7, 11) is 1.73. The van der Waals surface area contributed by atoms with E-state index in [9.17, 15) is 9.90 Å². The summed E-state index contributed by atoms with van der Waals surface area (Å²) in [4.78, 5) is 13.8. The molecule has 2 rings (SSSR count). The number of likely N-dealkylation sites (N-methyl/N-ethyl adjacent to an activating group) is 1. The van der Waals surface area contributed by atoms with Gasteiger partial charge in [-0.15, -0.1) is 12.4 Å². The van der Waals surface area contributed by atoms with Crippen LogP contribution >= 0.6 is 35.6 Å². The molecule has 2 unspecified atom stereocenters. The molecule has 1 heterocycles. The summed E-state index contributed by atoms with van der Waals surface area (Å²) >= 11 is 11.9. The van der Waals surface area contributed by atoms with Crippen molar-refractivity contribution in [3.05, 3.63) is 33.8 Å². The first kappa shape index (κ1) is 17.5. The highest BCUT2D eigenvalue weighted by molar-refractivity contribution is 6.34. The van der Waals surface area contributed by atoms with Gasteiger partial charge in [0, 0.05) is 30.2 Å². The summed E-state index contributed by atoms with van der Waals surface area (Å²) in [5.74, 6) is -0.0346. The minimum atomic E-state index is -0.442. The fraction of sp³-hybridized carbons (Fsp3) is 0.462. The zero-order valence-electron chi connectivity index (χ0n) is 11.0. The van der Waals surface area contributed by atoms with Gasteiger partial charge in [0.25, 0.3) is 0 Å². The zero-order chi connectivity index (χ0) is 14.0. The summed E-state index contributed by atoms with van der Waals surface area (Å²) < 4.78 is 0. The molecule has 1 aliphatic rings. The van der Waals surface area contributed by atoms with Gasteiger partial charge in [-0.3, -0.25) is 4.79 Å². The second-order valence-electron chi connectivity index (χ2n) is 4.82. The maximum absolute atomic E-state index is 12.2. The summed E-state index contributed by atoms with van der Waals surface area (Å²) in [6.45, 7) is 0.903. The maximum atomic E-state index is 12.2. The molecule has 1 aromatic rings. The van der Waals surface area contributed by atoms with Crippen LogP contribution in [0.2, 0.25) is 10.0 Å². The lowest BCUT2D eigenvalue weighted by Crippen LogP contribution is -2.41.